The van der Waals surface area contributed by atoms with E-state index in [4.69, 9.17) is 13.3 Å². The third-order valence-corrected chi connectivity index (χ3v) is 5.98. The monoisotopic (exact) mass is 322 g/mol. The molecule has 21 heavy (non-hydrogen) atoms. The summed E-state index contributed by atoms with van der Waals surface area (Å²) in [5, 5.41) is 0. The topological polar surface area (TPSA) is 27.7 Å². The van der Waals surface area contributed by atoms with Crippen LogP contribution in [-0.2, 0) is 25.9 Å². The molecule has 0 atom stereocenters. The maximum atomic E-state index is 12.5. The van der Waals surface area contributed by atoms with Crippen molar-refractivity contribution >= 4 is 8.80 Å². The largest absolute Gasteiger partial charge is 0.500 e. The van der Waals surface area contributed by atoms with E-state index in [-0.39, 0.29) is 6.10 Å². The van der Waals surface area contributed by atoms with Crippen molar-refractivity contribution in [3.05, 3.63) is 35.4 Å². The summed E-state index contributed by atoms with van der Waals surface area (Å²) in [5.74, 6) is 0. The molecule has 0 radical (unpaired) electrons. The first-order valence-corrected chi connectivity index (χ1v) is 8.60. The zero-order valence-corrected chi connectivity index (χ0v) is 13.7. The Labute approximate surface area is 124 Å². The number of halogens is 3. The van der Waals surface area contributed by atoms with E-state index >= 15 is 0 Å². The average molecular weight is 322 g/mol. The molecule has 0 heterocycles. The fourth-order valence-electron chi connectivity index (χ4n) is 1.96. The highest BCUT2D eigenvalue weighted by Gasteiger charge is 2.39. The molecule has 0 bridgehead atoms. The van der Waals surface area contributed by atoms with Crippen LogP contribution in [0.4, 0.5) is 13.2 Å². The highest BCUT2D eigenvalue weighted by atomic mass is 28.4. The van der Waals surface area contributed by atoms with Crippen molar-refractivity contribution in [2.24, 2.45) is 0 Å². The molecule has 120 valence electrons. The number of rotatable bonds is 7. The Bertz CT molecular complexity index is 428. The van der Waals surface area contributed by atoms with Gasteiger partial charge in [-0.25, -0.2) is 0 Å². The van der Waals surface area contributed by atoms with Crippen LogP contribution in [0.5, 0.6) is 0 Å². The predicted octanol–water partition coefficient (Wildman–Crippen LogP) is 3.90. The highest BCUT2D eigenvalue weighted by Crippen LogP contribution is 2.29. The first-order valence-electron chi connectivity index (χ1n) is 6.66. The molecule has 0 amide bonds. The van der Waals surface area contributed by atoms with Gasteiger partial charge in [0.2, 0.25) is 0 Å². The third-order valence-electron chi connectivity index (χ3n) is 3.04. The standard InChI is InChI=1S/C14H21F3O3Si/c1-11(2)20-21(18-3,19-4)10-9-12-5-7-13(8-6-12)14(15,16)17/h5-8,11H,9-10H2,1-4H3. The summed E-state index contributed by atoms with van der Waals surface area (Å²) in [7, 11) is 0.303. The summed E-state index contributed by atoms with van der Waals surface area (Å²) in [5.41, 5.74) is 0.146. The van der Waals surface area contributed by atoms with Gasteiger partial charge in [0.1, 0.15) is 0 Å². The van der Waals surface area contributed by atoms with E-state index in [1.165, 1.54) is 26.4 Å². The number of hydrogen-bond donors (Lipinski definition) is 0. The van der Waals surface area contributed by atoms with Crippen molar-refractivity contribution < 1.29 is 26.4 Å². The van der Waals surface area contributed by atoms with Crippen molar-refractivity contribution in [3.63, 3.8) is 0 Å². The van der Waals surface area contributed by atoms with Crippen molar-refractivity contribution in [3.8, 4) is 0 Å². The van der Waals surface area contributed by atoms with Gasteiger partial charge in [-0.1, -0.05) is 12.1 Å². The molecule has 0 aliphatic heterocycles. The highest BCUT2D eigenvalue weighted by molar-refractivity contribution is 6.60. The van der Waals surface area contributed by atoms with Gasteiger partial charge in [-0.15, -0.1) is 0 Å². The second-order valence-electron chi connectivity index (χ2n) is 4.95. The van der Waals surface area contributed by atoms with Gasteiger partial charge in [0, 0.05) is 26.4 Å². The smallest absolute Gasteiger partial charge is 0.377 e. The Morgan fingerprint density at radius 2 is 1.57 bits per heavy atom. The Balaban J connectivity index is 2.72. The molecule has 0 aliphatic carbocycles. The lowest BCUT2D eigenvalue weighted by Gasteiger charge is -2.28. The molecular formula is C14H21F3O3Si. The van der Waals surface area contributed by atoms with Crippen molar-refractivity contribution in [2.75, 3.05) is 14.2 Å². The second kappa shape index (κ2) is 7.39. The van der Waals surface area contributed by atoms with Crippen molar-refractivity contribution in [1.29, 1.82) is 0 Å². The summed E-state index contributed by atoms with van der Waals surface area (Å²) >= 11 is 0. The lowest BCUT2D eigenvalue weighted by molar-refractivity contribution is -0.137. The van der Waals surface area contributed by atoms with Crippen LogP contribution >= 0.6 is 0 Å². The van der Waals surface area contributed by atoms with Gasteiger partial charge < -0.3 is 13.3 Å². The Hall–Kier alpha value is -0.893. The third kappa shape index (κ3) is 5.42. The van der Waals surface area contributed by atoms with Crippen LogP contribution in [0.2, 0.25) is 6.04 Å². The van der Waals surface area contributed by atoms with Gasteiger partial charge in [0.25, 0.3) is 0 Å². The molecule has 7 heteroatoms. The molecule has 0 saturated heterocycles. The molecule has 0 spiro atoms. The summed E-state index contributed by atoms with van der Waals surface area (Å²) in [6.45, 7) is 3.77. The molecule has 1 rings (SSSR count). The lowest BCUT2D eigenvalue weighted by atomic mass is 10.1. The summed E-state index contributed by atoms with van der Waals surface area (Å²) in [6, 6.07) is 5.64. The maximum absolute atomic E-state index is 12.5. The average Bonchev–Trinajstić information content (AvgIpc) is 2.42. The number of aryl methyl sites for hydroxylation is 1. The van der Waals surface area contributed by atoms with Crippen LogP contribution in [0.15, 0.2) is 24.3 Å². The minimum atomic E-state index is -4.31. The first kappa shape index (κ1) is 18.2. The van der Waals surface area contributed by atoms with Gasteiger partial charge in [-0.2, -0.15) is 13.2 Å². The zero-order valence-electron chi connectivity index (χ0n) is 12.7. The van der Waals surface area contributed by atoms with Gasteiger partial charge in [-0.3, -0.25) is 0 Å². The minimum Gasteiger partial charge on any atom is -0.377 e. The molecule has 1 aromatic carbocycles. The van der Waals surface area contributed by atoms with Crippen molar-refractivity contribution in [1.82, 2.24) is 0 Å². The maximum Gasteiger partial charge on any atom is 0.500 e. The second-order valence-corrected chi connectivity index (χ2v) is 7.87. The molecule has 0 aromatic heterocycles. The number of alkyl halides is 3. The molecule has 1 aromatic rings. The van der Waals surface area contributed by atoms with E-state index in [0.29, 0.717) is 12.5 Å². The van der Waals surface area contributed by atoms with Crippen LogP contribution in [0.25, 0.3) is 0 Å². The summed E-state index contributed by atoms with van der Waals surface area (Å²) in [6.07, 6.45) is -3.81. The van der Waals surface area contributed by atoms with E-state index in [1.54, 1.807) is 0 Å². The SMILES string of the molecule is CO[Si](CCc1ccc(C(F)(F)F)cc1)(OC)OC(C)C. The van der Waals surface area contributed by atoms with Crippen LogP contribution < -0.4 is 0 Å². The molecule has 0 fully saturated rings. The van der Waals surface area contributed by atoms with Crippen LogP contribution in [0, 0.1) is 0 Å². The Morgan fingerprint density at radius 1 is 1.05 bits per heavy atom. The van der Waals surface area contributed by atoms with Crippen LogP contribution in [0.1, 0.15) is 25.0 Å². The Kier molecular flexibility index (Phi) is 6.39. The summed E-state index contributed by atoms with van der Waals surface area (Å²) in [4.78, 5) is 0. The molecular weight excluding hydrogens is 301 g/mol. The predicted molar refractivity (Wildman–Crippen MR) is 75.9 cm³/mol. The van der Waals surface area contributed by atoms with E-state index in [0.717, 1.165) is 17.7 Å². The quantitative estimate of drug-likeness (QED) is 0.713. The van der Waals surface area contributed by atoms with Gasteiger partial charge >= 0.3 is 15.0 Å². The van der Waals surface area contributed by atoms with E-state index in [2.05, 4.69) is 0 Å². The molecule has 0 N–H and O–H groups in total. The van der Waals surface area contributed by atoms with E-state index in [9.17, 15) is 13.2 Å². The summed E-state index contributed by atoms with van der Waals surface area (Å²) < 4.78 is 54.1. The first-order chi connectivity index (χ1) is 9.72. The molecule has 0 aliphatic rings. The lowest BCUT2D eigenvalue weighted by Crippen LogP contribution is -2.46. The fourth-order valence-corrected chi connectivity index (χ4v) is 4.16. The van der Waals surface area contributed by atoms with Crippen molar-refractivity contribution in [2.45, 2.75) is 38.6 Å². The fraction of sp³-hybridized carbons (Fsp3) is 0.571. The van der Waals surface area contributed by atoms with Gasteiger partial charge in [0.05, 0.1) is 5.56 Å². The molecule has 0 saturated carbocycles. The molecule has 0 unspecified atom stereocenters. The molecule has 3 nitrogen and oxygen atoms in total. The van der Waals surface area contributed by atoms with Gasteiger partial charge in [-0.05, 0) is 38.0 Å². The van der Waals surface area contributed by atoms with Crippen LogP contribution in [-0.4, -0.2) is 29.1 Å². The normalized spacial score (nSPS) is 13.0. The zero-order chi connectivity index (χ0) is 16.1. The Morgan fingerprint density at radius 3 is 1.95 bits per heavy atom. The minimum absolute atomic E-state index is 0.0378. The number of hydrogen-bond acceptors (Lipinski definition) is 3. The van der Waals surface area contributed by atoms with Gasteiger partial charge in [0.15, 0.2) is 0 Å². The van der Waals surface area contributed by atoms with Crippen LogP contribution in [0.3, 0.4) is 0 Å². The van der Waals surface area contributed by atoms with E-state index in [1.807, 2.05) is 13.8 Å². The van der Waals surface area contributed by atoms with E-state index < -0.39 is 20.5 Å². The number of benzene rings is 1.